The Morgan fingerprint density at radius 2 is 2.25 bits per heavy atom. The molecule has 0 atom stereocenters. The number of halogens is 1. The number of benzene rings is 1. The lowest BCUT2D eigenvalue weighted by Crippen LogP contribution is -2.19. The van der Waals surface area contributed by atoms with E-state index in [1.807, 2.05) is 25.1 Å². The summed E-state index contributed by atoms with van der Waals surface area (Å²) in [5.41, 5.74) is 6.74. The van der Waals surface area contributed by atoms with Gasteiger partial charge in [-0.2, -0.15) is 0 Å². The molecule has 2 amide bonds. The molecule has 0 saturated heterocycles. The fourth-order valence-corrected chi connectivity index (χ4v) is 1.21. The van der Waals surface area contributed by atoms with Crippen LogP contribution >= 0.6 is 15.9 Å². The zero-order valence-corrected chi connectivity index (χ0v) is 8.18. The van der Waals surface area contributed by atoms with Gasteiger partial charge in [0, 0.05) is 4.47 Å². The monoisotopic (exact) mass is 228 g/mol. The lowest BCUT2D eigenvalue weighted by Gasteiger charge is -2.04. The van der Waals surface area contributed by atoms with Crippen LogP contribution in [-0.4, -0.2) is 6.03 Å². The molecule has 0 saturated carbocycles. The molecule has 3 nitrogen and oxygen atoms in total. The van der Waals surface area contributed by atoms with Gasteiger partial charge in [-0.15, -0.1) is 0 Å². The van der Waals surface area contributed by atoms with Crippen LogP contribution in [0.5, 0.6) is 0 Å². The van der Waals surface area contributed by atoms with Gasteiger partial charge < -0.3 is 11.1 Å². The standard InChI is InChI=1S/C8H9BrN2O/c1-5-2-3-6(9)7(4-5)11-8(10)12/h2-4H,1H3,(H3,10,11,12). The van der Waals surface area contributed by atoms with Gasteiger partial charge in [0.25, 0.3) is 0 Å². The highest BCUT2D eigenvalue weighted by atomic mass is 79.9. The van der Waals surface area contributed by atoms with Crippen molar-refractivity contribution < 1.29 is 4.79 Å². The first kappa shape index (κ1) is 9.06. The predicted molar refractivity (Wildman–Crippen MR) is 52.1 cm³/mol. The van der Waals surface area contributed by atoms with Gasteiger partial charge in [0.2, 0.25) is 0 Å². The second-order valence-electron chi connectivity index (χ2n) is 2.47. The molecule has 0 fully saturated rings. The van der Waals surface area contributed by atoms with Crippen LogP contribution in [0, 0.1) is 6.92 Å². The van der Waals surface area contributed by atoms with E-state index in [2.05, 4.69) is 21.2 Å². The van der Waals surface area contributed by atoms with E-state index in [1.165, 1.54) is 0 Å². The number of primary amides is 1. The summed E-state index contributed by atoms with van der Waals surface area (Å²) in [5, 5.41) is 2.51. The van der Waals surface area contributed by atoms with Crippen LogP contribution < -0.4 is 11.1 Å². The molecule has 1 rings (SSSR count). The molecule has 0 aliphatic heterocycles. The first-order valence-electron chi connectivity index (χ1n) is 3.42. The summed E-state index contributed by atoms with van der Waals surface area (Å²) < 4.78 is 0.826. The molecular formula is C8H9BrN2O. The molecule has 0 aliphatic carbocycles. The van der Waals surface area contributed by atoms with Crippen molar-refractivity contribution in [2.24, 2.45) is 5.73 Å². The molecular weight excluding hydrogens is 220 g/mol. The van der Waals surface area contributed by atoms with Gasteiger partial charge in [-0.3, -0.25) is 0 Å². The van der Waals surface area contributed by atoms with Crippen molar-refractivity contribution in [3.05, 3.63) is 28.2 Å². The fourth-order valence-electron chi connectivity index (χ4n) is 0.868. The summed E-state index contributed by atoms with van der Waals surface area (Å²) in [6.45, 7) is 1.94. The highest BCUT2D eigenvalue weighted by molar-refractivity contribution is 9.10. The van der Waals surface area contributed by atoms with Gasteiger partial charge in [0.05, 0.1) is 5.69 Å². The van der Waals surface area contributed by atoms with Crippen molar-refractivity contribution >= 4 is 27.6 Å². The SMILES string of the molecule is Cc1ccc(Br)c(NC(N)=O)c1. The van der Waals surface area contributed by atoms with Crippen molar-refractivity contribution in [1.82, 2.24) is 0 Å². The van der Waals surface area contributed by atoms with Crippen LogP contribution in [0.25, 0.3) is 0 Å². The van der Waals surface area contributed by atoms with E-state index >= 15 is 0 Å². The van der Waals surface area contributed by atoms with E-state index in [-0.39, 0.29) is 0 Å². The third-order valence-electron chi connectivity index (χ3n) is 1.38. The summed E-state index contributed by atoms with van der Waals surface area (Å²) in [6, 6.07) is 5.09. The van der Waals surface area contributed by atoms with E-state index in [9.17, 15) is 4.79 Å². The largest absolute Gasteiger partial charge is 0.351 e. The minimum Gasteiger partial charge on any atom is -0.351 e. The molecule has 64 valence electrons. The summed E-state index contributed by atoms with van der Waals surface area (Å²) in [5.74, 6) is 0. The van der Waals surface area contributed by atoms with Crippen molar-refractivity contribution in [2.45, 2.75) is 6.92 Å². The average molecular weight is 229 g/mol. The van der Waals surface area contributed by atoms with Crippen LogP contribution in [-0.2, 0) is 0 Å². The molecule has 1 aromatic carbocycles. The highest BCUT2D eigenvalue weighted by Crippen LogP contribution is 2.22. The van der Waals surface area contributed by atoms with E-state index in [4.69, 9.17) is 5.73 Å². The van der Waals surface area contributed by atoms with Crippen molar-refractivity contribution in [2.75, 3.05) is 5.32 Å². The number of carbonyl (C=O) groups is 1. The van der Waals surface area contributed by atoms with Gasteiger partial charge >= 0.3 is 6.03 Å². The Labute approximate surface area is 79.1 Å². The summed E-state index contributed by atoms with van der Waals surface area (Å²) in [4.78, 5) is 10.5. The van der Waals surface area contributed by atoms with Crippen LogP contribution in [0.3, 0.4) is 0 Å². The van der Waals surface area contributed by atoms with E-state index in [0.717, 1.165) is 10.0 Å². The van der Waals surface area contributed by atoms with Gasteiger partial charge in [-0.25, -0.2) is 4.79 Å². The normalized spacial score (nSPS) is 9.50. The topological polar surface area (TPSA) is 55.1 Å². The second kappa shape index (κ2) is 3.58. The molecule has 12 heavy (non-hydrogen) atoms. The number of aryl methyl sites for hydroxylation is 1. The average Bonchev–Trinajstić information content (AvgIpc) is 1.96. The lowest BCUT2D eigenvalue weighted by atomic mass is 10.2. The number of hydrogen-bond donors (Lipinski definition) is 2. The summed E-state index contributed by atoms with van der Waals surface area (Å²) in [6.07, 6.45) is 0. The van der Waals surface area contributed by atoms with Gasteiger partial charge in [-0.1, -0.05) is 6.07 Å². The first-order valence-corrected chi connectivity index (χ1v) is 4.21. The van der Waals surface area contributed by atoms with Crippen LogP contribution in [0.1, 0.15) is 5.56 Å². The maximum Gasteiger partial charge on any atom is 0.316 e. The third kappa shape index (κ3) is 2.23. The molecule has 0 spiro atoms. The molecule has 0 aromatic heterocycles. The minimum atomic E-state index is -0.554. The molecule has 0 bridgehead atoms. The number of urea groups is 1. The number of nitrogens with one attached hydrogen (secondary N) is 1. The van der Waals surface area contributed by atoms with E-state index in [0.29, 0.717) is 5.69 Å². The molecule has 4 heteroatoms. The van der Waals surface area contributed by atoms with E-state index < -0.39 is 6.03 Å². The Morgan fingerprint density at radius 3 is 2.83 bits per heavy atom. The highest BCUT2D eigenvalue weighted by Gasteiger charge is 2.00. The van der Waals surface area contributed by atoms with Crippen molar-refractivity contribution in [3.8, 4) is 0 Å². The van der Waals surface area contributed by atoms with Crippen LogP contribution in [0.2, 0.25) is 0 Å². The van der Waals surface area contributed by atoms with Crippen molar-refractivity contribution in [1.29, 1.82) is 0 Å². The number of carbonyl (C=O) groups excluding carboxylic acids is 1. The Kier molecular flexibility index (Phi) is 2.70. The summed E-state index contributed by atoms with van der Waals surface area (Å²) in [7, 11) is 0. The molecule has 1 aromatic rings. The second-order valence-corrected chi connectivity index (χ2v) is 3.33. The van der Waals surface area contributed by atoms with Crippen LogP contribution in [0.4, 0.5) is 10.5 Å². The molecule has 0 unspecified atom stereocenters. The zero-order chi connectivity index (χ0) is 9.14. The lowest BCUT2D eigenvalue weighted by molar-refractivity contribution is 0.259. The number of anilines is 1. The third-order valence-corrected chi connectivity index (χ3v) is 2.07. The Morgan fingerprint density at radius 1 is 1.58 bits per heavy atom. The summed E-state index contributed by atoms with van der Waals surface area (Å²) >= 11 is 3.29. The fraction of sp³-hybridized carbons (Fsp3) is 0.125. The molecule has 0 radical (unpaired) electrons. The molecule has 0 heterocycles. The maximum absolute atomic E-state index is 10.5. The van der Waals surface area contributed by atoms with Gasteiger partial charge in [-0.05, 0) is 40.5 Å². The minimum absolute atomic E-state index is 0.554. The smallest absolute Gasteiger partial charge is 0.316 e. The maximum atomic E-state index is 10.5. The Hall–Kier alpha value is -1.03. The Bertz CT molecular complexity index is 312. The number of rotatable bonds is 1. The molecule has 0 aliphatic rings. The van der Waals surface area contributed by atoms with Gasteiger partial charge in [0.15, 0.2) is 0 Å². The zero-order valence-electron chi connectivity index (χ0n) is 6.60. The Balaban J connectivity index is 2.97. The number of hydrogen-bond acceptors (Lipinski definition) is 1. The van der Waals surface area contributed by atoms with Gasteiger partial charge in [0.1, 0.15) is 0 Å². The molecule has 3 N–H and O–H groups in total. The number of nitrogens with two attached hydrogens (primary N) is 1. The first-order chi connectivity index (χ1) is 5.59. The van der Waals surface area contributed by atoms with E-state index in [1.54, 1.807) is 0 Å². The predicted octanol–water partition coefficient (Wildman–Crippen LogP) is 2.25. The quantitative estimate of drug-likeness (QED) is 0.762. The van der Waals surface area contributed by atoms with Crippen LogP contribution in [0.15, 0.2) is 22.7 Å². The van der Waals surface area contributed by atoms with Crippen molar-refractivity contribution in [3.63, 3.8) is 0 Å². The number of amides is 2.